The normalized spacial score (nSPS) is 25.1. The first kappa shape index (κ1) is 14.4. The van der Waals surface area contributed by atoms with E-state index >= 15 is 0 Å². The fourth-order valence-electron chi connectivity index (χ4n) is 3.50. The molecule has 2 aromatic heterocycles. The van der Waals surface area contributed by atoms with Crippen molar-refractivity contribution in [2.45, 2.75) is 25.4 Å². The van der Waals surface area contributed by atoms with Crippen LogP contribution in [-0.4, -0.2) is 53.6 Å². The summed E-state index contributed by atoms with van der Waals surface area (Å²) in [7, 11) is 0. The summed E-state index contributed by atoms with van der Waals surface area (Å²) in [6.45, 7) is 5.95. The van der Waals surface area contributed by atoms with E-state index in [0.29, 0.717) is 18.5 Å². The van der Waals surface area contributed by atoms with Gasteiger partial charge in [-0.25, -0.2) is 4.98 Å². The van der Waals surface area contributed by atoms with Crippen LogP contribution in [0.3, 0.4) is 0 Å². The minimum absolute atomic E-state index is 0.198. The Bertz CT molecular complexity index is 658. The number of nitrogens with zero attached hydrogens (tertiary/aromatic N) is 5. The van der Waals surface area contributed by atoms with Crippen LogP contribution in [0.15, 0.2) is 28.8 Å². The van der Waals surface area contributed by atoms with Gasteiger partial charge in [0.2, 0.25) is 5.89 Å². The van der Waals surface area contributed by atoms with Crippen LogP contribution < -0.4 is 9.80 Å². The van der Waals surface area contributed by atoms with Gasteiger partial charge in [0.1, 0.15) is 11.4 Å². The van der Waals surface area contributed by atoms with E-state index in [-0.39, 0.29) is 5.60 Å². The van der Waals surface area contributed by atoms with Crippen LogP contribution in [0.1, 0.15) is 18.7 Å². The fraction of sp³-hybridized carbons (Fsp3) is 0.562. The van der Waals surface area contributed by atoms with Crippen LogP contribution in [0.2, 0.25) is 0 Å². The number of aryl methyl sites for hydroxylation is 1. The molecule has 0 aliphatic carbocycles. The highest BCUT2D eigenvalue weighted by Crippen LogP contribution is 2.32. The van der Waals surface area contributed by atoms with Crippen molar-refractivity contribution in [1.82, 2.24) is 15.2 Å². The smallest absolute Gasteiger partial charge is 0.318 e. The molecular weight excluding hydrogens is 294 g/mol. The molecule has 0 radical (unpaired) electrons. The molecule has 0 aromatic carbocycles. The first-order valence-corrected chi connectivity index (χ1v) is 8.09. The summed E-state index contributed by atoms with van der Waals surface area (Å²) in [5.74, 6) is 1.61. The highest BCUT2D eigenvalue weighted by Gasteiger charge is 2.42. The molecule has 122 valence electrons. The summed E-state index contributed by atoms with van der Waals surface area (Å²) in [5, 5.41) is 8.09. The molecule has 2 aliphatic heterocycles. The summed E-state index contributed by atoms with van der Waals surface area (Å²) in [5.41, 5.74) is -0.198. The quantitative estimate of drug-likeness (QED) is 0.834. The lowest BCUT2D eigenvalue weighted by atomic mass is 9.91. The van der Waals surface area contributed by atoms with E-state index in [1.807, 2.05) is 25.3 Å². The molecule has 7 heteroatoms. The summed E-state index contributed by atoms with van der Waals surface area (Å²) >= 11 is 0. The molecule has 7 nitrogen and oxygen atoms in total. The Morgan fingerprint density at radius 1 is 1.13 bits per heavy atom. The zero-order valence-electron chi connectivity index (χ0n) is 13.3. The monoisotopic (exact) mass is 315 g/mol. The Balaban J connectivity index is 1.52. The number of aromatic nitrogens is 3. The number of piperidine rings is 1. The molecule has 0 N–H and O–H groups in total. The second-order valence-electron chi connectivity index (χ2n) is 6.27. The van der Waals surface area contributed by atoms with Gasteiger partial charge in [0.15, 0.2) is 0 Å². The molecule has 2 fully saturated rings. The topological polar surface area (TPSA) is 67.5 Å². The minimum atomic E-state index is -0.198. The van der Waals surface area contributed by atoms with E-state index < -0.39 is 0 Å². The predicted molar refractivity (Wildman–Crippen MR) is 85.6 cm³/mol. The van der Waals surface area contributed by atoms with Crippen molar-refractivity contribution in [1.29, 1.82) is 0 Å². The zero-order chi connectivity index (χ0) is 15.7. The van der Waals surface area contributed by atoms with Gasteiger partial charge >= 0.3 is 6.01 Å². The molecule has 4 heterocycles. The largest absolute Gasteiger partial charge is 0.408 e. The van der Waals surface area contributed by atoms with Crippen LogP contribution >= 0.6 is 0 Å². The Kier molecular flexibility index (Phi) is 3.65. The molecule has 23 heavy (non-hydrogen) atoms. The maximum absolute atomic E-state index is 6.22. The number of hydrogen-bond acceptors (Lipinski definition) is 7. The number of morpholine rings is 1. The lowest BCUT2D eigenvalue weighted by molar-refractivity contribution is -0.0637. The third kappa shape index (κ3) is 2.88. The summed E-state index contributed by atoms with van der Waals surface area (Å²) in [6.07, 6.45) is 3.93. The van der Waals surface area contributed by atoms with E-state index in [9.17, 15) is 0 Å². The molecular formula is C16H21N5O2. The Morgan fingerprint density at radius 3 is 2.83 bits per heavy atom. The average Bonchev–Trinajstić information content (AvgIpc) is 3.02. The summed E-state index contributed by atoms with van der Waals surface area (Å²) in [6, 6.07) is 6.62. The number of rotatable bonds is 2. The van der Waals surface area contributed by atoms with E-state index in [1.165, 1.54) is 0 Å². The zero-order valence-corrected chi connectivity index (χ0v) is 13.3. The highest BCUT2D eigenvalue weighted by molar-refractivity contribution is 5.40. The predicted octanol–water partition coefficient (Wildman–Crippen LogP) is 1.65. The van der Waals surface area contributed by atoms with Gasteiger partial charge in [-0.1, -0.05) is 11.2 Å². The van der Waals surface area contributed by atoms with Crippen molar-refractivity contribution in [3.05, 3.63) is 30.3 Å². The van der Waals surface area contributed by atoms with E-state index in [4.69, 9.17) is 9.15 Å². The van der Waals surface area contributed by atoms with Gasteiger partial charge in [-0.3, -0.25) is 0 Å². The van der Waals surface area contributed by atoms with Crippen molar-refractivity contribution < 1.29 is 9.15 Å². The van der Waals surface area contributed by atoms with E-state index in [1.54, 1.807) is 0 Å². The second-order valence-corrected chi connectivity index (χ2v) is 6.27. The summed E-state index contributed by atoms with van der Waals surface area (Å²) in [4.78, 5) is 8.93. The maximum Gasteiger partial charge on any atom is 0.318 e. The first-order valence-electron chi connectivity index (χ1n) is 8.09. The Labute approximate surface area is 135 Å². The van der Waals surface area contributed by atoms with Gasteiger partial charge in [-0.2, -0.15) is 0 Å². The van der Waals surface area contributed by atoms with Crippen molar-refractivity contribution in [2.75, 3.05) is 42.6 Å². The van der Waals surface area contributed by atoms with Gasteiger partial charge in [0, 0.05) is 26.2 Å². The lowest BCUT2D eigenvalue weighted by Crippen LogP contribution is -2.60. The van der Waals surface area contributed by atoms with Crippen LogP contribution in [0.4, 0.5) is 11.8 Å². The molecule has 1 unspecified atom stereocenters. The van der Waals surface area contributed by atoms with Gasteiger partial charge in [-0.15, -0.1) is 5.10 Å². The molecule has 0 bridgehead atoms. The molecule has 4 rings (SSSR count). The maximum atomic E-state index is 6.22. The fourth-order valence-corrected chi connectivity index (χ4v) is 3.50. The van der Waals surface area contributed by atoms with Gasteiger partial charge in [0.25, 0.3) is 0 Å². The molecule has 1 spiro atoms. The third-order valence-electron chi connectivity index (χ3n) is 4.55. The van der Waals surface area contributed by atoms with Crippen molar-refractivity contribution in [2.24, 2.45) is 0 Å². The summed E-state index contributed by atoms with van der Waals surface area (Å²) < 4.78 is 11.8. The first-order chi connectivity index (χ1) is 11.2. The number of pyridine rings is 1. The van der Waals surface area contributed by atoms with Crippen LogP contribution in [0.5, 0.6) is 0 Å². The van der Waals surface area contributed by atoms with Crippen molar-refractivity contribution in [3.8, 4) is 0 Å². The molecule has 2 aliphatic rings. The second kappa shape index (κ2) is 5.81. The average molecular weight is 315 g/mol. The van der Waals surface area contributed by atoms with Gasteiger partial charge in [0.05, 0.1) is 19.7 Å². The van der Waals surface area contributed by atoms with Crippen LogP contribution in [-0.2, 0) is 4.74 Å². The molecule has 0 amide bonds. The standard InChI is InChI=1S/C16H21N5O2/c1-13-18-19-15(23-13)21-8-4-6-16(12-21)11-20(9-10-22-16)14-5-2-3-7-17-14/h2-3,5,7H,4,6,8-12H2,1H3. The highest BCUT2D eigenvalue weighted by atomic mass is 16.5. The minimum Gasteiger partial charge on any atom is -0.408 e. The Morgan fingerprint density at radius 2 is 2.04 bits per heavy atom. The van der Waals surface area contributed by atoms with E-state index in [2.05, 4.69) is 31.0 Å². The lowest BCUT2D eigenvalue weighted by Gasteiger charge is -2.47. The van der Waals surface area contributed by atoms with Gasteiger partial charge < -0.3 is 19.0 Å². The van der Waals surface area contributed by atoms with Crippen molar-refractivity contribution >= 4 is 11.8 Å². The number of anilines is 2. The van der Waals surface area contributed by atoms with Crippen LogP contribution in [0, 0.1) is 6.92 Å². The van der Waals surface area contributed by atoms with E-state index in [0.717, 1.165) is 44.8 Å². The molecule has 2 saturated heterocycles. The third-order valence-corrected chi connectivity index (χ3v) is 4.55. The molecule has 2 aromatic rings. The number of ether oxygens (including phenoxy) is 1. The van der Waals surface area contributed by atoms with Crippen molar-refractivity contribution in [3.63, 3.8) is 0 Å². The molecule has 0 saturated carbocycles. The Hall–Kier alpha value is -2.15. The van der Waals surface area contributed by atoms with Crippen LogP contribution in [0.25, 0.3) is 0 Å². The number of hydrogen-bond donors (Lipinski definition) is 0. The van der Waals surface area contributed by atoms with Gasteiger partial charge in [-0.05, 0) is 25.0 Å². The molecule has 1 atom stereocenters. The SMILES string of the molecule is Cc1nnc(N2CCCC3(CN(c4ccccn4)CCO3)C2)o1.